The lowest BCUT2D eigenvalue weighted by Gasteiger charge is -2.37. The van der Waals surface area contributed by atoms with Crippen molar-refractivity contribution in [1.82, 2.24) is 0 Å². The highest BCUT2D eigenvalue weighted by Crippen LogP contribution is 2.72. The highest BCUT2D eigenvalue weighted by Gasteiger charge is 2.64. The van der Waals surface area contributed by atoms with Crippen molar-refractivity contribution in [2.75, 3.05) is 0 Å². The molecule has 1 aliphatic carbocycles. The van der Waals surface area contributed by atoms with Crippen LogP contribution in [0.5, 0.6) is 0 Å². The number of aliphatic hydroxyl groups is 1. The lowest BCUT2D eigenvalue weighted by molar-refractivity contribution is 0.0590. The standard InChI is InChI=1S/C9H20O7P2/c1-6-3-4-8(5-6)7(2)9(10,17(11,12)13)18(14,15)16/h6-8,10H,3-5H2,1-2H3,(H2,11,12,13)(H2,14,15,16). The summed E-state index contributed by atoms with van der Waals surface area (Å²) in [6.45, 7) is 3.25. The third kappa shape index (κ3) is 2.73. The van der Waals surface area contributed by atoms with Crippen molar-refractivity contribution in [2.45, 2.75) is 38.2 Å². The zero-order valence-corrected chi connectivity index (χ0v) is 12.1. The lowest BCUT2D eigenvalue weighted by Crippen LogP contribution is -2.39. The van der Waals surface area contributed by atoms with Crippen LogP contribution < -0.4 is 0 Å². The first-order valence-electron chi connectivity index (χ1n) is 5.75. The van der Waals surface area contributed by atoms with E-state index in [2.05, 4.69) is 0 Å². The maximum atomic E-state index is 11.3. The molecule has 18 heavy (non-hydrogen) atoms. The average Bonchev–Trinajstić information content (AvgIpc) is 2.58. The van der Waals surface area contributed by atoms with Crippen LogP contribution in [0.25, 0.3) is 0 Å². The van der Waals surface area contributed by atoms with Crippen molar-refractivity contribution in [2.24, 2.45) is 17.8 Å². The van der Waals surface area contributed by atoms with Crippen LogP contribution >= 0.6 is 15.2 Å². The van der Waals surface area contributed by atoms with Gasteiger partial charge in [0.15, 0.2) is 0 Å². The van der Waals surface area contributed by atoms with Crippen molar-refractivity contribution in [1.29, 1.82) is 0 Å². The van der Waals surface area contributed by atoms with E-state index in [0.717, 1.165) is 6.42 Å². The minimum Gasteiger partial charge on any atom is -0.367 e. The van der Waals surface area contributed by atoms with Gasteiger partial charge < -0.3 is 24.7 Å². The van der Waals surface area contributed by atoms with E-state index >= 15 is 0 Å². The van der Waals surface area contributed by atoms with E-state index in [0.29, 0.717) is 18.8 Å². The summed E-state index contributed by atoms with van der Waals surface area (Å²) in [6, 6.07) is 0. The quantitative estimate of drug-likeness (QED) is 0.490. The molecule has 0 aromatic rings. The van der Waals surface area contributed by atoms with E-state index in [9.17, 15) is 14.2 Å². The molecule has 0 bridgehead atoms. The van der Waals surface area contributed by atoms with Crippen molar-refractivity contribution >= 4 is 15.2 Å². The second kappa shape index (κ2) is 4.98. The normalized spacial score (nSPS) is 28.4. The smallest absolute Gasteiger partial charge is 0.367 e. The van der Waals surface area contributed by atoms with Gasteiger partial charge in [0.05, 0.1) is 0 Å². The lowest BCUT2D eigenvalue weighted by atomic mass is 9.92. The Morgan fingerprint density at radius 3 is 1.83 bits per heavy atom. The fourth-order valence-corrected chi connectivity index (χ4v) is 5.56. The van der Waals surface area contributed by atoms with Crippen molar-refractivity contribution in [3.05, 3.63) is 0 Å². The Kier molecular flexibility index (Phi) is 4.52. The van der Waals surface area contributed by atoms with Gasteiger partial charge in [0.2, 0.25) is 0 Å². The molecule has 7 nitrogen and oxygen atoms in total. The molecule has 0 aliphatic heterocycles. The van der Waals surface area contributed by atoms with Crippen molar-refractivity contribution in [3.63, 3.8) is 0 Å². The van der Waals surface area contributed by atoms with Gasteiger partial charge in [0.1, 0.15) is 0 Å². The van der Waals surface area contributed by atoms with E-state index in [1.165, 1.54) is 6.92 Å². The molecule has 5 N–H and O–H groups in total. The Hall–Kier alpha value is 0.260. The molecule has 3 unspecified atom stereocenters. The molecule has 0 radical (unpaired) electrons. The van der Waals surface area contributed by atoms with Crippen LogP contribution in [0.2, 0.25) is 0 Å². The van der Waals surface area contributed by atoms with Gasteiger partial charge in [0.25, 0.3) is 5.08 Å². The highest BCUT2D eigenvalue weighted by molar-refractivity contribution is 7.72. The number of rotatable bonds is 4. The van der Waals surface area contributed by atoms with Crippen LogP contribution in [-0.4, -0.2) is 29.8 Å². The predicted octanol–water partition coefficient (Wildman–Crippen LogP) is 1.06. The molecular weight excluding hydrogens is 282 g/mol. The summed E-state index contributed by atoms with van der Waals surface area (Å²) in [6.07, 6.45) is 2.03. The zero-order chi connectivity index (χ0) is 14.4. The van der Waals surface area contributed by atoms with Crippen LogP contribution in [0.15, 0.2) is 0 Å². The molecule has 108 valence electrons. The second-order valence-electron chi connectivity index (χ2n) is 5.24. The maximum Gasteiger partial charge on any atom is 0.369 e. The van der Waals surface area contributed by atoms with E-state index in [4.69, 9.17) is 19.6 Å². The first-order valence-corrected chi connectivity index (χ1v) is 8.97. The van der Waals surface area contributed by atoms with E-state index < -0.39 is 26.2 Å². The Morgan fingerprint density at radius 1 is 1.11 bits per heavy atom. The first-order chi connectivity index (χ1) is 7.91. The molecule has 0 heterocycles. The Labute approximate surface area is 106 Å². The SMILES string of the molecule is CC1CCC(C(C)C(O)(P(=O)(O)O)P(=O)(O)O)C1. The first kappa shape index (κ1) is 16.3. The van der Waals surface area contributed by atoms with Crippen molar-refractivity contribution in [3.8, 4) is 0 Å². The summed E-state index contributed by atoms with van der Waals surface area (Å²) in [7, 11) is -10.7. The van der Waals surface area contributed by atoms with Gasteiger partial charge in [-0.15, -0.1) is 0 Å². The molecule has 0 spiro atoms. The molecule has 1 fully saturated rings. The fourth-order valence-electron chi connectivity index (χ4n) is 2.72. The van der Waals surface area contributed by atoms with Crippen LogP contribution in [-0.2, 0) is 9.13 Å². The van der Waals surface area contributed by atoms with E-state index in [1.54, 1.807) is 0 Å². The average molecular weight is 302 g/mol. The summed E-state index contributed by atoms with van der Waals surface area (Å²) in [5, 5.41) is 6.69. The van der Waals surface area contributed by atoms with Crippen LogP contribution in [0.4, 0.5) is 0 Å². The monoisotopic (exact) mass is 302 g/mol. The number of hydrogen-bond acceptors (Lipinski definition) is 3. The third-order valence-corrected chi connectivity index (χ3v) is 8.00. The van der Waals surface area contributed by atoms with Gasteiger partial charge in [-0.25, -0.2) is 0 Å². The predicted molar refractivity (Wildman–Crippen MR) is 64.7 cm³/mol. The Morgan fingerprint density at radius 2 is 1.56 bits per heavy atom. The summed E-state index contributed by atoms with van der Waals surface area (Å²) in [5.41, 5.74) is 0. The van der Waals surface area contributed by atoms with Gasteiger partial charge >= 0.3 is 15.2 Å². The Balaban J connectivity index is 3.13. The summed E-state index contributed by atoms with van der Waals surface area (Å²) >= 11 is 0. The zero-order valence-electron chi connectivity index (χ0n) is 10.3. The van der Waals surface area contributed by atoms with Gasteiger partial charge in [-0.2, -0.15) is 0 Å². The molecule has 1 rings (SSSR count). The fraction of sp³-hybridized carbons (Fsp3) is 1.00. The maximum absolute atomic E-state index is 11.3. The minimum atomic E-state index is -5.35. The summed E-state index contributed by atoms with van der Waals surface area (Å²) in [5.74, 6) is -1.13. The number of hydrogen-bond donors (Lipinski definition) is 5. The molecule has 3 atom stereocenters. The second-order valence-corrected chi connectivity index (χ2v) is 9.13. The molecule has 9 heteroatoms. The highest BCUT2D eigenvalue weighted by atomic mass is 31.2. The topological polar surface area (TPSA) is 135 Å². The third-order valence-electron chi connectivity index (χ3n) is 3.91. The molecule has 0 aromatic carbocycles. The van der Waals surface area contributed by atoms with Gasteiger partial charge in [-0.3, -0.25) is 9.13 Å². The molecule has 0 saturated heterocycles. The van der Waals surface area contributed by atoms with Crippen LogP contribution in [0.1, 0.15) is 33.1 Å². The van der Waals surface area contributed by atoms with E-state index in [1.807, 2.05) is 6.92 Å². The molecule has 0 aromatic heterocycles. The van der Waals surface area contributed by atoms with Gasteiger partial charge in [0, 0.05) is 5.92 Å². The van der Waals surface area contributed by atoms with Gasteiger partial charge in [-0.05, 0) is 24.7 Å². The largest absolute Gasteiger partial charge is 0.369 e. The summed E-state index contributed by atoms with van der Waals surface area (Å²) in [4.78, 5) is 36.6. The Bertz CT molecular complexity index is 376. The van der Waals surface area contributed by atoms with Gasteiger partial charge in [-0.1, -0.05) is 20.3 Å². The van der Waals surface area contributed by atoms with E-state index in [-0.39, 0.29) is 5.92 Å². The molecule has 1 aliphatic rings. The van der Waals surface area contributed by atoms with Crippen LogP contribution in [0.3, 0.4) is 0 Å². The minimum absolute atomic E-state index is 0.301. The molecule has 0 amide bonds. The van der Waals surface area contributed by atoms with Crippen molar-refractivity contribution < 1.29 is 33.8 Å². The molecular formula is C9H20O7P2. The molecule has 1 saturated carbocycles. The van der Waals surface area contributed by atoms with Crippen LogP contribution in [0, 0.1) is 17.8 Å². The summed E-state index contributed by atoms with van der Waals surface area (Å²) < 4.78 is 22.7.